The van der Waals surface area contributed by atoms with Crippen LogP contribution in [0.5, 0.6) is 0 Å². The third-order valence-corrected chi connectivity index (χ3v) is 4.39. The van der Waals surface area contributed by atoms with Crippen LogP contribution in [0.2, 0.25) is 0 Å². The Kier molecular flexibility index (Phi) is 2.23. The quantitative estimate of drug-likeness (QED) is 0.825. The monoisotopic (exact) mass is 216 g/mol. The minimum Gasteiger partial charge on any atom is -0.481 e. The van der Waals surface area contributed by atoms with E-state index in [4.69, 9.17) is 0 Å². The fraction of sp³-hybridized carbons (Fsp3) is 0.500. The molecule has 84 valence electrons. The number of hydrogen-bond donors (Lipinski definition) is 1. The van der Waals surface area contributed by atoms with Crippen molar-refractivity contribution < 1.29 is 9.90 Å². The van der Waals surface area contributed by atoms with Crippen LogP contribution in [0.4, 0.5) is 0 Å². The molecule has 2 aliphatic rings. The van der Waals surface area contributed by atoms with Gasteiger partial charge in [-0.15, -0.1) is 0 Å². The zero-order chi connectivity index (χ0) is 11.1. The number of carboxylic acids is 1. The first kappa shape index (κ1) is 9.88. The largest absolute Gasteiger partial charge is 0.481 e. The van der Waals surface area contributed by atoms with Gasteiger partial charge >= 0.3 is 5.97 Å². The van der Waals surface area contributed by atoms with Crippen molar-refractivity contribution in [3.8, 4) is 0 Å². The Morgan fingerprint density at radius 1 is 1.12 bits per heavy atom. The maximum atomic E-state index is 11.4. The molecule has 0 saturated heterocycles. The van der Waals surface area contributed by atoms with E-state index < -0.39 is 5.97 Å². The molecule has 2 aliphatic carbocycles. The summed E-state index contributed by atoms with van der Waals surface area (Å²) in [6.07, 6.45) is 3.45. The third kappa shape index (κ3) is 1.36. The summed E-state index contributed by atoms with van der Waals surface area (Å²) < 4.78 is 0. The minimum atomic E-state index is -0.596. The molecule has 0 radical (unpaired) electrons. The molecule has 0 amide bonds. The SMILES string of the molecule is O=C(O)[C@H]1[C@@H]2CC[C@@H](C2)[C@H]1c1ccccc1. The van der Waals surface area contributed by atoms with Crippen molar-refractivity contribution in [3.63, 3.8) is 0 Å². The molecule has 2 heteroatoms. The molecular formula is C14H16O2. The zero-order valence-corrected chi connectivity index (χ0v) is 9.17. The van der Waals surface area contributed by atoms with E-state index in [0.717, 1.165) is 12.8 Å². The van der Waals surface area contributed by atoms with Crippen LogP contribution in [-0.4, -0.2) is 11.1 Å². The van der Waals surface area contributed by atoms with E-state index >= 15 is 0 Å². The van der Waals surface area contributed by atoms with Crippen molar-refractivity contribution >= 4 is 5.97 Å². The highest BCUT2D eigenvalue weighted by Crippen LogP contribution is 2.56. The molecule has 1 aromatic carbocycles. The number of fused-ring (bicyclic) bond motifs is 2. The summed E-state index contributed by atoms with van der Waals surface area (Å²) in [5, 5.41) is 9.37. The summed E-state index contributed by atoms with van der Waals surface area (Å²) in [6, 6.07) is 10.2. The lowest BCUT2D eigenvalue weighted by Crippen LogP contribution is -2.27. The van der Waals surface area contributed by atoms with Crippen molar-refractivity contribution in [3.05, 3.63) is 35.9 Å². The Labute approximate surface area is 95.3 Å². The number of aliphatic carboxylic acids is 1. The zero-order valence-electron chi connectivity index (χ0n) is 9.17. The molecule has 1 aromatic rings. The number of carbonyl (C=O) groups is 1. The smallest absolute Gasteiger partial charge is 0.307 e. The van der Waals surface area contributed by atoms with Gasteiger partial charge in [-0.1, -0.05) is 30.3 Å². The lowest BCUT2D eigenvalue weighted by molar-refractivity contribution is -0.144. The fourth-order valence-corrected chi connectivity index (χ4v) is 3.80. The van der Waals surface area contributed by atoms with Gasteiger partial charge in [-0.05, 0) is 36.7 Å². The average molecular weight is 216 g/mol. The van der Waals surface area contributed by atoms with Crippen LogP contribution in [-0.2, 0) is 4.79 Å². The Morgan fingerprint density at radius 2 is 1.81 bits per heavy atom. The second-order valence-electron chi connectivity index (χ2n) is 5.13. The molecule has 0 unspecified atom stereocenters. The van der Waals surface area contributed by atoms with E-state index in [9.17, 15) is 9.90 Å². The van der Waals surface area contributed by atoms with Crippen molar-refractivity contribution in [2.24, 2.45) is 17.8 Å². The Bertz CT molecular complexity index is 398. The van der Waals surface area contributed by atoms with E-state index in [0.29, 0.717) is 11.8 Å². The van der Waals surface area contributed by atoms with Crippen LogP contribution in [0.1, 0.15) is 30.7 Å². The number of carboxylic acid groups (broad SMARTS) is 1. The molecule has 1 N–H and O–H groups in total. The predicted octanol–water partition coefficient (Wildman–Crippen LogP) is 2.90. The maximum absolute atomic E-state index is 11.4. The summed E-state index contributed by atoms with van der Waals surface area (Å²) in [6.45, 7) is 0. The van der Waals surface area contributed by atoms with Gasteiger partial charge in [-0.25, -0.2) is 0 Å². The normalized spacial score (nSPS) is 36.5. The van der Waals surface area contributed by atoms with E-state index in [1.807, 2.05) is 18.2 Å². The van der Waals surface area contributed by atoms with Crippen LogP contribution in [0.3, 0.4) is 0 Å². The lowest BCUT2D eigenvalue weighted by atomic mass is 9.75. The van der Waals surface area contributed by atoms with Crippen LogP contribution in [0, 0.1) is 17.8 Å². The molecule has 3 rings (SSSR count). The van der Waals surface area contributed by atoms with Crippen molar-refractivity contribution in [2.45, 2.75) is 25.2 Å². The topological polar surface area (TPSA) is 37.3 Å². The molecule has 2 bridgehead atoms. The van der Waals surface area contributed by atoms with Crippen LogP contribution < -0.4 is 0 Å². The second kappa shape index (κ2) is 3.62. The predicted molar refractivity (Wildman–Crippen MR) is 61.1 cm³/mol. The number of rotatable bonds is 2. The van der Waals surface area contributed by atoms with E-state index in [-0.39, 0.29) is 11.8 Å². The molecule has 16 heavy (non-hydrogen) atoms. The first-order valence-electron chi connectivity index (χ1n) is 6.05. The number of benzene rings is 1. The van der Waals surface area contributed by atoms with E-state index in [1.54, 1.807) is 0 Å². The van der Waals surface area contributed by atoms with E-state index in [2.05, 4.69) is 12.1 Å². The van der Waals surface area contributed by atoms with Gasteiger partial charge in [0.05, 0.1) is 5.92 Å². The first-order valence-corrected chi connectivity index (χ1v) is 6.05. The molecular weight excluding hydrogens is 200 g/mol. The number of hydrogen-bond acceptors (Lipinski definition) is 1. The van der Waals surface area contributed by atoms with Crippen molar-refractivity contribution in [1.82, 2.24) is 0 Å². The van der Waals surface area contributed by atoms with Gasteiger partial charge in [-0.3, -0.25) is 4.79 Å². The summed E-state index contributed by atoms with van der Waals surface area (Å²) in [7, 11) is 0. The minimum absolute atomic E-state index is 0.138. The van der Waals surface area contributed by atoms with Gasteiger partial charge < -0.3 is 5.11 Å². The summed E-state index contributed by atoms with van der Waals surface area (Å²) in [5.74, 6) is 0.556. The Morgan fingerprint density at radius 3 is 2.50 bits per heavy atom. The first-order chi connectivity index (χ1) is 7.77. The summed E-state index contributed by atoms with van der Waals surface area (Å²) in [5.41, 5.74) is 1.22. The molecule has 0 aliphatic heterocycles. The molecule has 0 heterocycles. The molecule has 0 aromatic heterocycles. The van der Waals surface area contributed by atoms with Gasteiger partial charge in [0.15, 0.2) is 0 Å². The standard InChI is InChI=1S/C14H16O2/c15-14(16)13-11-7-6-10(8-11)12(13)9-4-2-1-3-5-9/h1-5,10-13H,6-8H2,(H,15,16)/t10-,11+,12+,13-/m0/s1. The van der Waals surface area contributed by atoms with Crippen molar-refractivity contribution in [1.29, 1.82) is 0 Å². The molecule has 4 atom stereocenters. The Balaban J connectivity index is 1.97. The third-order valence-electron chi connectivity index (χ3n) is 4.39. The highest BCUT2D eigenvalue weighted by atomic mass is 16.4. The van der Waals surface area contributed by atoms with Gasteiger partial charge in [0.1, 0.15) is 0 Å². The lowest BCUT2D eigenvalue weighted by Gasteiger charge is -2.28. The highest BCUT2D eigenvalue weighted by molar-refractivity contribution is 5.72. The average Bonchev–Trinajstić information content (AvgIpc) is 2.89. The van der Waals surface area contributed by atoms with Gasteiger partial charge in [0.25, 0.3) is 0 Å². The van der Waals surface area contributed by atoms with Gasteiger partial charge in [0, 0.05) is 5.92 Å². The van der Waals surface area contributed by atoms with Crippen LogP contribution in [0.15, 0.2) is 30.3 Å². The molecule has 2 fully saturated rings. The summed E-state index contributed by atoms with van der Waals surface area (Å²) in [4.78, 5) is 11.4. The van der Waals surface area contributed by atoms with E-state index in [1.165, 1.54) is 12.0 Å². The van der Waals surface area contributed by atoms with Crippen LogP contribution >= 0.6 is 0 Å². The van der Waals surface area contributed by atoms with Gasteiger partial charge in [0.2, 0.25) is 0 Å². The van der Waals surface area contributed by atoms with Crippen LogP contribution in [0.25, 0.3) is 0 Å². The molecule has 0 spiro atoms. The highest BCUT2D eigenvalue weighted by Gasteiger charge is 2.51. The fourth-order valence-electron chi connectivity index (χ4n) is 3.80. The van der Waals surface area contributed by atoms with Gasteiger partial charge in [-0.2, -0.15) is 0 Å². The summed E-state index contributed by atoms with van der Waals surface area (Å²) >= 11 is 0. The molecule has 2 saturated carbocycles. The second-order valence-corrected chi connectivity index (χ2v) is 5.13. The molecule has 2 nitrogen and oxygen atoms in total. The maximum Gasteiger partial charge on any atom is 0.307 e. The Hall–Kier alpha value is -1.31. The van der Waals surface area contributed by atoms with Crippen molar-refractivity contribution in [2.75, 3.05) is 0 Å².